The van der Waals surface area contributed by atoms with Gasteiger partial charge in [-0.05, 0) is 24.0 Å². The smallest absolute Gasteiger partial charge is 0.150 e. The van der Waals surface area contributed by atoms with Crippen molar-refractivity contribution in [1.82, 2.24) is 0 Å². The van der Waals surface area contributed by atoms with Crippen molar-refractivity contribution in [3.63, 3.8) is 0 Å². The van der Waals surface area contributed by atoms with E-state index in [9.17, 15) is 13.2 Å². The van der Waals surface area contributed by atoms with Crippen LogP contribution in [-0.4, -0.2) is 26.2 Å². The van der Waals surface area contributed by atoms with Crippen molar-refractivity contribution < 1.29 is 13.2 Å². The molecule has 1 fully saturated rings. The van der Waals surface area contributed by atoms with Crippen molar-refractivity contribution in [2.45, 2.75) is 12.3 Å². The predicted octanol–water partition coefficient (Wildman–Crippen LogP) is 2.17. The molecule has 2 atom stereocenters. The molecular formula is C12H13BrO3S. The minimum atomic E-state index is -2.95. The van der Waals surface area contributed by atoms with E-state index in [0.717, 1.165) is 16.3 Å². The average Bonchev–Trinajstić information content (AvgIpc) is 2.63. The van der Waals surface area contributed by atoms with E-state index in [1.807, 2.05) is 24.3 Å². The first-order valence-electron chi connectivity index (χ1n) is 5.43. The third-order valence-electron chi connectivity index (χ3n) is 3.19. The molecule has 1 aromatic rings. The fourth-order valence-corrected chi connectivity index (χ4v) is 4.69. The zero-order chi connectivity index (χ0) is 12.5. The lowest BCUT2D eigenvalue weighted by atomic mass is 9.87. The maximum atomic E-state index is 11.4. The van der Waals surface area contributed by atoms with Crippen molar-refractivity contribution in [2.24, 2.45) is 5.92 Å². The lowest BCUT2D eigenvalue weighted by Crippen LogP contribution is -2.16. The number of benzene rings is 1. The molecule has 0 N–H and O–H groups in total. The molecule has 1 aliphatic rings. The summed E-state index contributed by atoms with van der Waals surface area (Å²) in [5, 5.41) is 0. The molecule has 0 aliphatic carbocycles. The van der Waals surface area contributed by atoms with Crippen LogP contribution >= 0.6 is 15.9 Å². The molecule has 1 aromatic carbocycles. The van der Waals surface area contributed by atoms with Gasteiger partial charge in [-0.25, -0.2) is 8.42 Å². The number of hydrogen-bond donors (Lipinski definition) is 0. The quantitative estimate of drug-likeness (QED) is 0.803. The second kappa shape index (κ2) is 4.90. The Balaban J connectivity index is 2.30. The van der Waals surface area contributed by atoms with Crippen LogP contribution in [0.25, 0.3) is 0 Å². The van der Waals surface area contributed by atoms with Crippen LogP contribution in [0.5, 0.6) is 0 Å². The number of carbonyl (C=O) groups is 1. The summed E-state index contributed by atoms with van der Waals surface area (Å²) in [5.41, 5.74) is 0.879. The van der Waals surface area contributed by atoms with Crippen molar-refractivity contribution in [3.8, 4) is 0 Å². The molecule has 0 radical (unpaired) electrons. The summed E-state index contributed by atoms with van der Waals surface area (Å²) in [6.45, 7) is 0. The fraction of sp³-hybridized carbons (Fsp3) is 0.417. The zero-order valence-electron chi connectivity index (χ0n) is 9.17. The highest BCUT2D eigenvalue weighted by Gasteiger charge is 2.34. The minimum absolute atomic E-state index is 0.0869. The first kappa shape index (κ1) is 12.8. The highest BCUT2D eigenvalue weighted by Crippen LogP contribution is 2.35. The molecule has 92 valence electrons. The van der Waals surface area contributed by atoms with Gasteiger partial charge < -0.3 is 4.79 Å². The van der Waals surface area contributed by atoms with Gasteiger partial charge in [0.1, 0.15) is 6.29 Å². The van der Waals surface area contributed by atoms with Gasteiger partial charge in [-0.3, -0.25) is 0 Å². The van der Waals surface area contributed by atoms with Gasteiger partial charge in [-0.1, -0.05) is 34.1 Å². The van der Waals surface area contributed by atoms with Crippen molar-refractivity contribution in [2.75, 3.05) is 11.5 Å². The molecule has 0 saturated carbocycles. The number of aldehydes is 1. The Morgan fingerprint density at radius 2 is 2.06 bits per heavy atom. The van der Waals surface area contributed by atoms with Crippen LogP contribution in [0.3, 0.4) is 0 Å². The second-order valence-electron chi connectivity index (χ2n) is 4.35. The summed E-state index contributed by atoms with van der Waals surface area (Å²) in [6, 6.07) is 7.48. The summed E-state index contributed by atoms with van der Waals surface area (Å²) >= 11 is 3.40. The van der Waals surface area contributed by atoms with Crippen molar-refractivity contribution in [3.05, 3.63) is 34.3 Å². The largest absolute Gasteiger partial charge is 0.303 e. The van der Waals surface area contributed by atoms with Gasteiger partial charge in [0.2, 0.25) is 0 Å². The summed E-state index contributed by atoms with van der Waals surface area (Å²) in [4.78, 5) is 11.2. The molecule has 1 saturated heterocycles. The first-order chi connectivity index (χ1) is 8.03. The third kappa shape index (κ3) is 2.77. The van der Waals surface area contributed by atoms with Crippen molar-refractivity contribution >= 4 is 32.1 Å². The average molecular weight is 317 g/mol. The van der Waals surface area contributed by atoms with E-state index in [1.54, 1.807) is 0 Å². The van der Waals surface area contributed by atoms with Gasteiger partial charge in [0.15, 0.2) is 9.84 Å². The maximum absolute atomic E-state index is 11.4. The van der Waals surface area contributed by atoms with Crippen molar-refractivity contribution in [1.29, 1.82) is 0 Å². The van der Waals surface area contributed by atoms with Crippen LogP contribution < -0.4 is 0 Å². The predicted molar refractivity (Wildman–Crippen MR) is 69.7 cm³/mol. The molecule has 0 aromatic heterocycles. The molecule has 3 nitrogen and oxygen atoms in total. The summed E-state index contributed by atoms with van der Waals surface area (Å²) in [5.74, 6) is -0.0939. The van der Waals surface area contributed by atoms with Crippen LogP contribution in [0.1, 0.15) is 17.9 Å². The third-order valence-corrected chi connectivity index (χ3v) is 5.70. The van der Waals surface area contributed by atoms with E-state index >= 15 is 0 Å². The Hall–Kier alpha value is -0.680. The Morgan fingerprint density at radius 1 is 1.35 bits per heavy atom. The number of rotatable bonds is 3. The number of sulfone groups is 1. The summed E-state index contributed by atoms with van der Waals surface area (Å²) in [7, 11) is -2.95. The minimum Gasteiger partial charge on any atom is -0.303 e. The summed E-state index contributed by atoms with van der Waals surface area (Å²) in [6.07, 6.45) is 1.44. The van der Waals surface area contributed by atoms with Gasteiger partial charge in [0, 0.05) is 10.4 Å². The topological polar surface area (TPSA) is 51.2 Å². The number of hydrogen-bond acceptors (Lipinski definition) is 3. The van der Waals surface area contributed by atoms with E-state index in [2.05, 4.69) is 15.9 Å². The van der Waals surface area contributed by atoms with Crippen LogP contribution in [0.15, 0.2) is 28.7 Å². The Morgan fingerprint density at radius 3 is 2.59 bits per heavy atom. The summed E-state index contributed by atoms with van der Waals surface area (Å²) < 4.78 is 23.8. The monoisotopic (exact) mass is 316 g/mol. The highest BCUT2D eigenvalue weighted by molar-refractivity contribution is 9.10. The highest BCUT2D eigenvalue weighted by atomic mass is 79.9. The van der Waals surface area contributed by atoms with E-state index in [0.29, 0.717) is 6.42 Å². The molecule has 1 heterocycles. The molecule has 17 heavy (non-hydrogen) atoms. The fourth-order valence-electron chi connectivity index (χ4n) is 2.29. The van der Waals surface area contributed by atoms with Gasteiger partial charge in [0.05, 0.1) is 11.5 Å². The van der Waals surface area contributed by atoms with E-state index in [4.69, 9.17) is 0 Å². The lowest BCUT2D eigenvalue weighted by Gasteiger charge is -2.18. The molecule has 0 bridgehead atoms. The molecule has 0 amide bonds. The second-order valence-corrected chi connectivity index (χ2v) is 7.43. The van der Waals surface area contributed by atoms with E-state index in [1.165, 1.54) is 0 Å². The van der Waals surface area contributed by atoms with E-state index in [-0.39, 0.29) is 23.3 Å². The molecule has 2 unspecified atom stereocenters. The Labute approximate surface area is 109 Å². The number of carbonyl (C=O) groups excluding carboxylic acids is 1. The normalized spacial score (nSPS) is 24.4. The molecular weight excluding hydrogens is 304 g/mol. The molecule has 5 heteroatoms. The van der Waals surface area contributed by atoms with Gasteiger partial charge in [-0.15, -0.1) is 0 Å². The Bertz CT molecular complexity index is 524. The maximum Gasteiger partial charge on any atom is 0.150 e. The zero-order valence-corrected chi connectivity index (χ0v) is 11.6. The van der Waals surface area contributed by atoms with Gasteiger partial charge >= 0.3 is 0 Å². The van der Waals surface area contributed by atoms with Crippen LogP contribution in [0.4, 0.5) is 0 Å². The van der Waals surface area contributed by atoms with Gasteiger partial charge in [-0.2, -0.15) is 0 Å². The van der Waals surface area contributed by atoms with Gasteiger partial charge in [0.25, 0.3) is 0 Å². The molecule has 1 aliphatic heterocycles. The lowest BCUT2D eigenvalue weighted by molar-refractivity contribution is -0.109. The standard InChI is InChI=1S/C12H13BrO3S/c13-12-4-2-1-3-10(12)11(7-14)9-5-6-17(15,16)8-9/h1-4,7,9,11H,5-6,8H2. The SMILES string of the molecule is O=CC(c1ccccc1Br)C1CCS(=O)(=O)C1. The number of halogens is 1. The van der Waals surface area contributed by atoms with Crippen LogP contribution in [0.2, 0.25) is 0 Å². The van der Waals surface area contributed by atoms with Crippen LogP contribution in [0, 0.1) is 5.92 Å². The molecule has 2 rings (SSSR count). The van der Waals surface area contributed by atoms with Crippen LogP contribution in [-0.2, 0) is 14.6 Å². The first-order valence-corrected chi connectivity index (χ1v) is 8.05. The van der Waals surface area contributed by atoms with E-state index < -0.39 is 9.84 Å². The molecule has 0 spiro atoms. The Kier molecular flexibility index (Phi) is 3.68.